The van der Waals surface area contributed by atoms with Crippen LogP contribution in [0.5, 0.6) is 0 Å². The van der Waals surface area contributed by atoms with Gasteiger partial charge < -0.3 is 10.2 Å². The van der Waals surface area contributed by atoms with E-state index in [1.807, 2.05) is 71.6 Å². The minimum atomic E-state index is -0.0284. The second-order valence-corrected chi connectivity index (χ2v) is 9.23. The van der Waals surface area contributed by atoms with E-state index in [1.165, 1.54) is 11.8 Å². The van der Waals surface area contributed by atoms with Gasteiger partial charge >= 0.3 is 0 Å². The van der Waals surface area contributed by atoms with Crippen LogP contribution >= 0.6 is 23.4 Å². The number of hydrogen-bond acceptors (Lipinski definition) is 4. The van der Waals surface area contributed by atoms with Crippen molar-refractivity contribution in [2.24, 2.45) is 0 Å². The number of anilines is 1. The topological polar surface area (TPSA) is 52.7 Å². The summed E-state index contributed by atoms with van der Waals surface area (Å²) in [7, 11) is 0. The van der Waals surface area contributed by atoms with Gasteiger partial charge in [0.2, 0.25) is 11.8 Å². The van der Waals surface area contributed by atoms with Gasteiger partial charge in [-0.2, -0.15) is 0 Å². The molecule has 2 amide bonds. The number of nitrogens with zero attached hydrogens (tertiary/aromatic N) is 2. The molecule has 0 radical (unpaired) electrons. The van der Waals surface area contributed by atoms with E-state index in [2.05, 4.69) is 10.2 Å². The SMILES string of the molecule is O=C(CN1CCCN(C(=O)CSc2cccc3cccc(Cl)c23)CC1)Nc1ccccc1. The summed E-state index contributed by atoms with van der Waals surface area (Å²) in [5.41, 5.74) is 0.801. The van der Waals surface area contributed by atoms with Gasteiger partial charge in [0.05, 0.1) is 12.3 Å². The summed E-state index contributed by atoms with van der Waals surface area (Å²) in [5.74, 6) is 0.466. The van der Waals surface area contributed by atoms with Crippen molar-refractivity contribution in [3.05, 3.63) is 71.8 Å². The molecule has 1 saturated heterocycles. The molecule has 0 aromatic heterocycles. The zero-order valence-corrected chi connectivity index (χ0v) is 19.4. The Morgan fingerprint density at radius 3 is 2.50 bits per heavy atom. The van der Waals surface area contributed by atoms with Gasteiger partial charge in [-0.3, -0.25) is 14.5 Å². The van der Waals surface area contributed by atoms with E-state index in [-0.39, 0.29) is 11.8 Å². The van der Waals surface area contributed by atoms with E-state index in [9.17, 15) is 9.59 Å². The van der Waals surface area contributed by atoms with Gasteiger partial charge in [-0.15, -0.1) is 11.8 Å². The first kappa shape index (κ1) is 22.6. The highest BCUT2D eigenvalue weighted by Gasteiger charge is 2.21. The van der Waals surface area contributed by atoms with Crippen LogP contribution in [0, 0.1) is 0 Å². The van der Waals surface area contributed by atoms with E-state index in [1.54, 1.807) is 0 Å². The molecule has 0 aliphatic carbocycles. The third-order valence-corrected chi connectivity index (χ3v) is 6.89. The van der Waals surface area contributed by atoms with E-state index < -0.39 is 0 Å². The van der Waals surface area contributed by atoms with Gasteiger partial charge in [0.1, 0.15) is 0 Å². The molecule has 0 spiro atoms. The number of carbonyl (C=O) groups excluding carboxylic acids is 2. The van der Waals surface area contributed by atoms with Crippen LogP contribution in [0.4, 0.5) is 5.69 Å². The minimum absolute atomic E-state index is 0.0284. The fraction of sp³-hybridized carbons (Fsp3) is 0.280. The molecular formula is C25H26ClN3O2S. The maximum Gasteiger partial charge on any atom is 0.238 e. The molecule has 3 aromatic carbocycles. The van der Waals surface area contributed by atoms with Gasteiger partial charge in [0, 0.05) is 47.2 Å². The Hall–Kier alpha value is -2.54. The average molecular weight is 468 g/mol. The maximum atomic E-state index is 12.9. The van der Waals surface area contributed by atoms with Crippen molar-refractivity contribution in [2.75, 3.05) is 43.8 Å². The number of rotatable bonds is 6. The number of halogens is 1. The average Bonchev–Trinajstić information content (AvgIpc) is 3.04. The number of hydrogen-bond donors (Lipinski definition) is 1. The molecule has 166 valence electrons. The lowest BCUT2D eigenvalue weighted by molar-refractivity contribution is -0.128. The molecule has 5 nitrogen and oxygen atoms in total. The number of thioether (sulfide) groups is 1. The van der Waals surface area contributed by atoms with Crippen LogP contribution in [0.2, 0.25) is 5.02 Å². The van der Waals surface area contributed by atoms with Crippen molar-refractivity contribution in [3.63, 3.8) is 0 Å². The first-order valence-corrected chi connectivity index (χ1v) is 12.1. The summed E-state index contributed by atoms with van der Waals surface area (Å²) in [6, 6.07) is 21.4. The molecule has 0 unspecified atom stereocenters. The summed E-state index contributed by atoms with van der Waals surface area (Å²) in [6.07, 6.45) is 0.856. The van der Waals surface area contributed by atoms with Crippen LogP contribution in [-0.4, -0.2) is 60.1 Å². The van der Waals surface area contributed by atoms with Gasteiger partial charge in [-0.25, -0.2) is 0 Å². The molecule has 0 bridgehead atoms. The highest BCUT2D eigenvalue weighted by Crippen LogP contribution is 2.33. The number of para-hydroxylation sites is 1. The Morgan fingerprint density at radius 2 is 1.69 bits per heavy atom. The first-order chi connectivity index (χ1) is 15.6. The summed E-state index contributed by atoms with van der Waals surface area (Å²) in [6.45, 7) is 3.18. The lowest BCUT2D eigenvalue weighted by atomic mass is 10.1. The lowest BCUT2D eigenvalue weighted by Gasteiger charge is -2.22. The molecule has 7 heteroatoms. The molecule has 4 rings (SSSR count). The molecule has 1 aliphatic heterocycles. The van der Waals surface area contributed by atoms with Crippen molar-refractivity contribution < 1.29 is 9.59 Å². The minimum Gasteiger partial charge on any atom is -0.341 e. The maximum absolute atomic E-state index is 12.9. The van der Waals surface area contributed by atoms with Crippen LogP contribution in [0.25, 0.3) is 10.8 Å². The third kappa shape index (κ3) is 5.82. The monoisotopic (exact) mass is 467 g/mol. The largest absolute Gasteiger partial charge is 0.341 e. The Labute approximate surface area is 197 Å². The summed E-state index contributed by atoms with van der Waals surface area (Å²) >= 11 is 7.94. The Kier molecular flexibility index (Phi) is 7.68. The summed E-state index contributed by atoms with van der Waals surface area (Å²) in [5, 5.41) is 5.71. The predicted molar refractivity (Wildman–Crippen MR) is 132 cm³/mol. The quantitative estimate of drug-likeness (QED) is 0.531. The Balaban J connectivity index is 1.29. The molecule has 1 aliphatic rings. The molecule has 1 fully saturated rings. The normalized spacial score (nSPS) is 14.8. The smallest absolute Gasteiger partial charge is 0.238 e. The van der Waals surface area contributed by atoms with E-state index in [4.69, 9.17) is 11.6 Å². The van der Waals surface area contributed by atoms with Crippen LogP contribution < -0.4 is 5.32 Å². The van der Waals surface area contributed by atoms with Gasteiger partial charge in [0.15, 0.2) is 0 Å². The van der Waals surface area contributed by atoms with Gasteiger partial charge in [-0.05, 0) is 36.1 Å². The molecule has 1 heterocycles. The van der Waals surface area contributed by atoms with Crippen molar-refractivity contribution in [1.29, 1.82) is 0 Å². The van der Waals surface area contributed by atoms with E-state index in [0.717, 1.165) is 34.3 Å². The van der Waals surface area contributed by atoms with Crippen molar-refractivity contribution in [2.45, 2.75) is 11.3 Å². The van der Waals surface area contributed by atoms with Crippen molar-refractivity contribution >= 4 is 51.6 Å². The fourth-order valence-corrected chi connectivity index (χ4v) is 5.26. The van der Waals surface area contributed by atoms with Crippen LogP contribution in [0.1, 0.15) is 6.42 Å². The highest BCUT2D eigenvalue weighted by atomic mass is 35.5. The lowest BCUT2D eigenvalue weighted by Crippen LogP contribution is -2.38. The second kappa shape index (κ2) is 10.9. The van der Waals surface area contributed by atoms with Crippen molar-refractivity contribution in [1.82, 2.24) is 9.80 Å². The molecular weight excluding hydrogens is 442 g/mol. The number of fused-ring (bicyclic) bond motifs is 1. The number of benzene rings is 3. The van der Waals surface area contributed by atoms with Crippen LogP contribution in [0.15, 0.2) is 71.6 Å². The molecule has 1 N–H and O–H groups in total. The fourth-order valence-electron chi connectivity index (χ4n) is 3.92. The van der Waals surface area contributed by atoms with Crippen LogP contribution in [0.3, 0.4) is 0 Å². The molecule has 32 heavy (non-hydrogen) atoms. The van der Waals surface area contributed by atoms with E-state index >= 15 is 0 Å². The number of amides is 2. The molecule has 3 aromatic rings. The van der Waals surface area contributed by atoms with Gasteiger partial charge in [-0.1, -0.05) is 54.1 Å². The zero-order chi connectivity index (χ0) is 22.3. The van der Waals surface area contributed by atoms with Crippen LogP contribution in [-0.2, 0) is 9.59 Å². The predicted octanol–water partition coefficient (Wildman–Crippen LogP) is 4.76. The summed E-state index contributed by atoms with van der Waals surface area (Å²) in [4.78, 5) is 30.3. The zero-order valence-electron chi connectivity index (χ0n) is 17.8. The highest BCUT2D eigenvalue weighted by molar-refractivity contribution is 8.00. The number of carbonyl (C=O) groups is 2. The second-order valence-electron chi connectivity index (χ2n) is 7.81. The molecule has 0 saturated carbocycles. The Bertz CT molecular complexity index is 1090. The first-order valence-electron chi connectivity index (χ1n) is 10.8. The third-order valence-electron chi connectivity index (χ3n) is 5.53. The number of nitrogens with one attached hydrogen (secondary N) is 1. The van der Waals surface area contributed by atoms with Crippen molar-refractivity contribution in [3.8, 4) is 0 Å². The molecule has 0 atom stereocenters. The Morgan fingerprint density at radius 1 is 0.906 bits per heavy atom. The van der Waals surface area contributed by atoms with Gasteiger partial charge in [0.25, 0.3) is 0 Å². The van der Waals surface area contributed by atoms with E-state index in [0.29, 0.717) is 37.0 Å². The standard InChI is InChI=1S/C25H26ClN3O2S/c26-21-11-4-7-19-8-5-12-22(25(19)21)32-18-24(31)29-14-6-13-28(15-16-29)17-23(30)27-20-9-2-1-3-10-20/h1-5,7-12H,6,13-18H2,(H,27,30). The summed E-state index contributed by atoms with van der Waals surface area (Å²) < 4.78 is 0.